The van der Waals surface area contributed by atoms with Gasteiger partial charge in [-0.15, -0.1) is 0 Å². The first-order chi connectivity index (χ1) is 20.2. The smallest absolute Gasteiger partial charge is 0.339 e. The first kappa shape index (κ1) is 27.4. The maximum atomic E-state index is 13.2. The zero-order valence-electron chi connectivity index (χ0n) is 23.3. The summed E-state index contributed by atoms with van der Waals surface area (Å²) in [5, 5.41) is 0.583. The Morgan fingerprint density at radius 2 is 1.64 bits per heavy atom. The van der Waals surface area contributed by atoms with Gasteiger partial charge >= 0.3 is 5.97 Å². The van der Waals surface area contributed by atoms with Crippen molar-refractivity contribution in [2.75, 3.05) is 11.5 Å². The summed E-state index contributed by atoms with van der Waals surface area (Å²) in [7, 11) is 0. The molecule has 2 heterocycles. The largest absolute Gasteiger partial charge is 0.454 e. The van der Waals surface area contributed by atoms with E-state index in [1.165, 1.54) is 29.2 Å². The van der Waals surface area contributed by atoms with Gasteiger partial charge in [-0.05, 0) is 86.7 Å². The minimum absolute atomic E-state index is 0.135. The molecule has 4 aromatic rings. The molecule has 0 bridgehead atoms. The molecular formula is C34H29FN2O5. The van der Waals surface area contributed by atoms with Gasteiger partial charge in [0.05, 0.1) is 34.3 Å². The molecule has 0 N–H and O–H groups in total. The number of hydrogen-bond acceptors (Lipinski definition) is 6. The Bertz CT molecular complexity index is 1730. The number of carbonyl (C=O) groups is 4. The Kier molecular flexibility index (Phi) is 7.14. The van der Waals surface area contributed by atoms with Crippen molar-refractivity contribution in [2.24, 2.45) is 17.8 Å². The van der Waals surface area contributed by atoms with E-state index in [4.69, 9.17) is 9.72 Å². The molecule has 2 aliphatic rings. The van der Waals surface area contributed by atoms with Crippen molar-refractivity contribution in [2.45, 2.75) is 33.1 Å². The SMILES string of the molecule is Cc1ccc2nc(-c3ccc(N4C(=O)[C@H]5C[C@H](C)CC[C@H]5C4=O)cc3)cc(C(=O)OCC(=O)c3ccc(F)cc3)c2c1. The number of Topliss-reactive ketones (excluding diaryl/α,β-unsaturated/α-hetero) is 1. The highest BCUT2D eigenvalue weighted by Crippen LogP contribution is 2.42. The number of benzene rings is 3. The van der Waals surface area contributed by atoms with Gasteiger partial charge in [0.25, 0.3) is 0 Å². The number of halogens is 1. The Balaban J connectivity index is 1.27. The summed E-state index contributed by atoms with van der Waals surface area (Å²) in [6, 6.07) is 19.2. The number of anilines is 1. The summed E-state index contributed by atoms with van der Waals surface area (Å²) >= 11 is 0. The third-order valence-corrected chi connectivity index (χ3v) is 8.29. The van der Waals surface area contributed by atoms with Crippen LogP contribution in [0.15, 0.2) is 72.8 Å². The number of pyridine rings is 1. The number of aryl methyl sites for hydroxylation is 1. The topological polar surface area (TPSA) is 93.6 Å². The third-order valence-electron chi connectivity index (χ3n) is 8.29. The molecule has 0 spiro atoms. The summed E-state index contributed by atoms with van der Waals surface area (Å²) in [5.41, 5.74) is 3.68. The van der Waals surface area contributed by atoms with Crippen LogP contribution >= 0.6 is 0 Å². The zero-order valence-corrected chi connectivity index (χ0v) is 23.3. The number of rotatable bonds is 6. The average molecular weight is 565 g/mol. The van der Waals surface area contributed by atoms with E-state index in [1.807, 2.05) is 25.1 Å². The van der Waals surface area contributed by atoms with Crippen LogP contribution in [0.4, 0.5) is 10.1 Å². The number of hydrogen-bond donors (Lipinski definition) is 0. The molecule has 0 radical (unpaired) electrons. The number of esters is 1. The van der Waals surface area contributed by atoms with Crippen LogP contribution in [0, 0.1) is 30.5 Å². The van der Waals surface area contributed by atoms with Crippen molar-refractivity contribution in [1.82, 2.24) is 4.98 Å². The Morgan fingerprint density at radius 3 is 2.38 bits per heavy atom. The van der Waals surface area contributed by atoms with Gasteiger partial charge in [-0.1, -0.05) is 30.7 Å². The number of fused-ring (bicyclic) bond motifs is 2. The van der Waals surface area contributed by atoms with Crippen molar-refractivity contribution in [1.29, 1.82) is 0 Å². The molecule has 3 aromatic carbocycles. The number of imide groups is 1. The number of ketones is 1. The second kappa shape index (κ2) is 10.9. The molecule has 7 nitrogen and oxygen atoms in total. The highest BCUT2D eigenvalue weighted by Gasteiger charge is 2.49. The Labute approximate surface area is 242 Å². The van der Waals surface area contributed by atoms with Crippen molar-refractivity contribution >= 4 is 40.2 Å². The van der Waals surface area contributed by atoms with Crippen molar-refractivity contribution < 1.29 is 28.3 Å². The van der Waals surface area contributed by atoms with Crippen LogP contribution in [-0.2, 0) is 14.3 Å². The molecule has 3 atom stereocenters. The molecule has 42 heavy (non-hydrogen) atoms. The highest BCUT2D eigenvalue weighted by atomic mass is 19.1. The Morgan fingerprint density at radius 1 is 0.929 bits per heavy atom. The van der Waals surface area contributed by atoms with E-state index in [0.717, 1.165) is 24.8 Å². The third kappa shape index (κ3) is 5.09. The number of aromatic nitrogens is 1. The van der Waals surface area contributed by atoms with Crippen molar-refractivity contribution in [3.63, 3.8) is 0 Å². The van der Waals surface area contributed by atoms with Crippen LogP contribution in [0.2, 0.25) is 0 Å². The molecular weight excluding hydrogens is 535 g/mol. The van der Waals surface area contributed by atoms with Gasteiger partial charge in [0, 0.05) is 16.5 Å². The first-order valence-corrected chi connectivity index (χ1v) is 14.0. The lowest BCUT2D eigenvalue weighted by atomic mass is 9.76. The molecule has 1 aromatic heterocycles. The quantitative estimate of drug-likeness (QED) is 0.155. The molecule has 6 rings (SSSR count). The molecule has 212 valence electrons. The fourth-order valence-corrected chi connectivity index (χ4v) is 6.01. The summed E-state index contributed by atoms with van der Waals surface area (Å²) in [4.78, 5) is 58.1. The van der Waals surface area contributed by atoms with Crippen LogP contribution in [-0.4, -0.2) is 35.2 Å². The highest BCUT2D eigenvalue weighted by molar-refractivity contribution is 6.22. The second-order valence-corrected chi connectivity index (χ2v) is 11.3. The molecule has 0 unspecified atom stereocenters. The van der Waals surface area contributed by atoms with Gasteiger partial charge in [0.15, 0.2) is 12.4 Å². The van der Waals surface area contributed by atoms with E-state index in [0.29, 0.717) is 33.8 Å². The van der Waals surface area contributed by atoms with E-state index < -0.39 is 24.2 Å². The zero-order chi connectivity index (χ0) is 29.5. The van der Waals surface area contributed by atoms with E-state index in [-0.39, 0.29) is 34.8 Å². The molecule has 1 aliphatic carbocycles. The fourth-order valence-electron chi connectivity index (χ4n) is 6.01. The van der Waals surface area contributed by atoms with Crippen LogP contribution in [0.25, 0.3) is 22.2 Å². The molecule has 1 aliphatic heterocycles. The van der Waals surface area contributed by atoms with E-state index in [1.54, 1.807) is 30.3 Å². The maximum absolute atomic E-state index is 13.2. The summed E-state index contributed by atoms with van der Waals surface area (Å²) < 4.78 is 18.6. The molecule has 1 saturated heterocycles. The minimum Gasteiger partial charge on any atom is -0.454 e. The normalized spacial score (nSPS) is 20.1. The van der Waals surface area contributed by atoms with Gasteiger partial charge in [-0.3, -0.25) is 19.3 Å². The number of amides is 2. The second-order valence-electron chi connectivity index (χ2n) is 11.3. The van der Waals surface area contributed by atoms with Gasteiger partial charge in [-0.2, -0.15) is 0 Å². The van der Waals surface area contributed by atoms with Crippen LogP contribution < -0.4 is 4.90 Å². The first-order valence-electron chi connectivity index (χ1n) is 14.0. The van der Waals surface area contributed by atoms with Crippen molar-refractivity contribution in [3.8, 4) is 11.3 Å². The summed E-state index contributed by atoms with van der Waals surface area (Å²) in [6.07, 6.45) is 2.42. The van der Waals surface area contributed by atoms with E-state index >= 15 is 0 Å². The van der Waals surface area contributed by atoms with Gasteiger partial charge < -0.3 is 4.74 Å². The average Bonchev–Trinajstić information content (AvgIpc) is 3.24. The molecule has 2 amide bonds. The van der Waals surface area contributed by atoms with Gasteiger partial charge in [-0.25, -0.2) is 14.2 Å². The standard InChI is InChI=1S/C34H29FN2O5/c1-19-3-13-25-27(16-19)33(40)37(32(25)39)24-11-7-21(8-12-24)30-17-28(26-15-20(2)4-14-29(26)36-30)34(41)42-18-31(38)22-5-9-23(35)10-6-22/h4-12,14-15,17,19,25,27H,3,13,16,18H2,1-2H3/t19-,25-,27+/m1/s1. The molecule has 2 fully saturated rings. The summed E-state index contributed by atoms with van der Waals surface area (Å²) in [6.45, 7) is 3.52. The minimum atomic E-state index is -0.688. The predicted molar refractivity (Wildman–Crippen MR) is 155 cm³/mol. The van der Waals surface area contributed by atoms with Gasteiger partial charge in [0.1, 0.15) is 5.82 Å². The number of carbonyl (C=O) groups excluding carboxylic acids is 4. The predicted octanol–water partition coefficient (Wildman–Crippen LogP) is 6.31. The lowest BCUT2D eigenvalue weighted by Crippen LogP contribution is -2.30. The van der Waals surface area contributed by atoms with Crippen molar-refractivity contribution in [3.05, 3.63) is 95.3 Å². The lowest BCUT2D eigenvalue weighted by Gasteiger charge is -2.25. The maximum Gasteiger partial charge on any atom is 0.339 e. The van der Waals surface area contributed by atoms with Crippen LogP contribution in [0.3, 0.4) is 0 Å². The van der Waals surface area contributed by atoms with Crippen LogP contribution in [0.5, 0.6) is 0 Å². The van der Waals surface area contributed by atoms with Crippen LogP contribution in [0.1, 0.15) is 52.5 Å². The lowest BCUT2D eigenvalue weighted by molar-refractivity contribution is -0.122. The van der Waals surface area contributed by atoms with E-state index in [2.05, 4.69) is 6.92 Å². The molecule has 8 heteroatoms. The van der Waals surface area contributed by atoms with Gasteiger partial charge in [0.2, 0.25) is 11.8 Å². The monoisotopic (exact) mass is 564 g/mol. The summed E-state index contributed by atoms with van der Waals surface area (Å²) in [5.74, 6) is -1.95. The molecule has 1 saturated carbocycles. The Hall–Kier alpha value is -4.72. The fraction of sp³-hybridized carbons (Fsp3) is 0.265. The number of nitrogens with zero attached hydrogens (tertiary/aromatic N) is 2. The number of ether oxygens (including phenoxy) is 1. The van der Waals surface area contributed by atoms with E-state index in [9.17, 15) is 23.6 Å².